The minimum Gasteiger partial charge on any atom is -0.508 e. The maximum atomic E-state index is 9.53. The van der Waals surface area contributed by atoms with Crippen LogP contribution in [0.4, 0.5) is 0 Å². The molecule has 0 amide bonds. The fourth-order valence-corrected chi connectivity index (χ4v) is 2.43. The van der Waals surface area contributed by atoms with E-state index in [0.717, 1.165) is 19.5 Å². The van der Waals surface area contributed by atoms with E-state index in [2.05, 4.69) is 25.2 Å². The summed E-state index contributed by atoms with van der Waals surface area (Å²) >= 11 is 0. The van der Waals surface area contributed by atoms with E-state index in [1.165, 1.54) is 5.56 Å². The molecule has 0 aliphatic carbocycles. The number of benzene rings is 1. The number of piperidine rings is 1. The van der Waals surface area contributed by atoms with Crippen LogP contribution in [0.25, 0.3) is 0 Å². The lowest BCUT2D eigenvalue weighted by molar-refractivity contribution is 0.237. The summed E-state index contributed by atoms with van der Waals surface area (Å²) in [5, 5.41) is 12.9. The van der Waals surface area contributed by atoms with Gasteiger partial charge >= 0.3 is 0 Å². The smallest absolute Gasteiger partial charge is 0.115 e. The fraction of sp³-hybridized carbons (Fsp3) is 0.538. The molecule has 0 spiro atoms. The molecule has 16 heavy (non-hydrogen) atoms. The number of hydrogen-bond donors (Lipinski definition) is 2. The van der Waals surface area contributed by atoms with Gasteiger partial charge in [0.15, 0.2) is 0 Å². The summed E-state index contributed by atoms with van der Waals surface area (Å²) in [6.45, 7) is 6.70. The Hall–Kier alpha value is -0.730. The van der Waals surface area contributed by atoms with Gasteiger partial charge in [-0.2, -0.15) is 0 Å². The van der Waals surface area contributed by atoms with Gasteiger partial charge < -0.3 is 10.4 Å². The van der Waals surface area contributed by atoms with Crippen molar-refractivity contribution in [3.63, 3.8) is 0 Å². The fourth-order valence-electron chi connectivity index (χ4n) is 2.43. The largest absolute Gasteiger partial charge is 0.508 e. The molecule has 0 radical (unpaired) electrons. The Bertz CT molecular complexity index is 356. The highest BCUT2D eigenvalue weighted by Crippen LogP contribution is 2.37. The molecule has 1 fully saturated rings. The Kier molecular flexibility index (Phi) is 4.22. The minimum absolute atomic E-state index is 0. The van der Waals surface area contributed by atoms with Crippen molar-refractivity contribution in [1.29, 1.82) is 0 Å². The van der Waals surface area contributed by atoms with E-state index in [1.54, 1.807) is 6.07 Å². The maximum absolute atomic E-state index is 9.53. The molecule has 2 nitrogen and oxygen atoms in total. The third-order valence-corrected chi connectivity index (χ3v) is 3.86. The molecule has 2 N–H and O–H groups in total. The molecular formula is C13H20ClNO. The van der Waals surface area contributed by atoms with Crippen LogP contribution in [-0.2, 0) is 5.41 Å². The van der Waals surface area contributed by atoms with E-state index < -0.39 is 0 Å². The van der Waals surface area contributed by atoms with Gasteiger partial charge in [-0.05, 0) is 48.5 Å². The maximum Gasteiger partial charge on any atom is 0.115 e. The monoisotopic (exact) mass is 241 g/mol. The van der Waals surface area contributed by atoms with Gasteiger partial charge in [0.05, 0.1) is 0 Å². The Balaban J connectivity index is 0.00000128. The van der Waals surface area contributed by atoms with Crippen LogP contribution in [0.15, 0.2) is 24.3 Å². The molecule has 1 aromatic rings. The van der Waals surface area contributed by atoms with Gasteiger partial charge in [-0.3, -0.25) is 0 Å². The first-order valence-corrected chi connectivity index (χ1v) is 5.63. The number of hydrogen-bond acceptors (Lipinski definition) is 2. The molecule has 1 aliphatic rings. The lowest BCUT2D eigenvalue weighted by Crippen LogP contribution is -2.44. The molecule has 2 atom stereocenters. The minimum atomic E-state index is 0. The zero-order chi connectivity index (χ0) is 10.9. The summed E-state index contributed by atoms with van der Waals surface area (Å²) in [4.78, 5) is 0. The number of phenolic OH excluding ortho intramolecular Hbond substituents is 1. The van der Waals surface area contributed by atoms with Crippen LogP contribution in [0.5, 0.6) is 5.75 Å². The van der Waals surface area contributed by atoms with Gasteiger partial charge in [-0.1, -0.05) is 26.0 Å². The van der Waals surface area contributed by atoms with Crippen molar-refractivity contribution in [2.24, 2.45) is 5.92 Å². The standard InChI is InChI=1S/C13H19NO.ClH/c1-10-9-14-7-6-13(10,2)11-4-3-5-12(15)8-11;/h3-5,8,10,14-15H,6-7,9H2,1-2H3;1H. The summed E-state index contributed by atoms with van der Waals surface area (Å²) in [5.41, 5.74) is 1.46. The summed E-state index contributed by atoms with van der Waals surface area (Å²) in [7, 11) is 0. The first-order valence-electron chi connectivity index (χ1n) is 5.63. The van der Waals surface area contributed by atoms with E-state index in [-0.39, 0.29) is 17.8 Å². The van der Waals surface area contributed by atoms with Crippen molar-refractivity contribution in [1.82, 2.24) is 5.32 Å². The summed E-state index contributed by atoms with van der Waals surface area (Å²) in [6.07, 6.45) is 1.14. The van der Waals surface area contributed by atoms with E-state index >= 15 is 0 Å². The topological polar surface area (TPSA) is 32.3 Å². The SMILES string of the molecule is CC1CNCCC1(C)c1cccc(O)c1.Cl. The molecule has 1 aliphatic heterocycles. The third-order valence-electron chi connectivity index (χ3n) is 3.86. The Morgan fingerprint density at radius 1 is 1.44 bits per heavy atom. The van der Waals surface area contributed by atoms with E-state index in [1.807, 2.05) is 12.1 Å². The van der Waals surface area contributed by atoms with Crippen molar-refractivity contribution in [2.45, 2.75) is 25.7 Å². The third kappa shape index (κ3) is 2.33. The quantitative estimate of drug-likeness (QED) is 0.793. The van der Waals surface area contributed by atoms with Crippen molar-refractivity contribution in [3.05, 3.63) is 29.8 Å². The highest BCUT2D eigenvalue weighted by molar-refractivity contribution is 5.85. The molecule has 0 saturated carbocycles. The first kappa shape index (κ1) is 13.3. The molecule has 90 valence electrons. The van der Waals surface area contributed by atoms with Crippen molar-refractivity contribution >= 4 is 12.4 Å². The van der Waals surface area contributed by atoms with Crippen LogP contribution in [0, 0.1) is 5.92 Å². The van der Waals surface area contributed by atoms with Gasteiger partial charge in [0.2, 0.25) is 0 Å². The second-order valence-electron chi connectivity index (χ2n) is 4.82. The van der Waals surface area contributed by atoms with Crippen LogP contribution < -0.4 is 5.32 Å². The van der Waals surface area contributed by atoms with E-state index in [4.69, 9.17) is 0 Å². The van der Waals surface area contributed by atoms with Gasteiger partial charge in [-0.25, -0.2) is 0 Å². The molecule has 0 aromatic heterocycles. The molecule has 2 unspecified atom stereocenters. The van der Waals surface area contributed by atoms with Crippen LogP contribution >= 0.6 is 12.4 Å². The number of phenols is 1. The molecule has 2 rings (SSSR count). The van der Waals surface area contributed by atoms with Crippen molar-refractivity contribution in [2.75, 3.05) is 13.1 Å². The average molecular weight is 242 g/mol. The Labute approximate surface area is 103 Å². The molecule has 3 heteroatoms. The zero-order valence-corrected chi connectivity index (χ0v) is 10.7. The predicted molar refractivity (Wildman–Crippen MR) is 69.4 cm³/mol. The molecule has 1 saturated heterocycles. The Morgan fingerprint density at radius 2 is 2.19 bits per heavy atom. The number of halogens is 1. The van der Waals surface area contributed by atoms with Crippen LogP contribution in [0.1, 0.15) is 25.8 Å². The van der Waals surface area contributed by atoms with Gasteiger partial charge in [0, 0.05) is 0 Å². The summed E-state index contributed by atoms with van der Waals surface area (Å²) in [6, 6.07) is 7.70. The predicted octanol–water partition coefficient (Wildman–Crippen LogP) is 2.70. The second-order valence-corrected chi connectivity index (χ2v) is 4.82. The number of rotatable bonds is 1. The molecule has 1 heterocycles. The lowest BCUT2D eigenvalue weighted by atomic mass is 9.68. The van der Waals surface area contributed by atoms with Gasteiger partial charge in [0.1, 0.15) is 5.75 Å². The highest BCUT2D eigenvalue weighted by Gasteiger charge is 2.35. The second kappa shape index (κ2) is 5.07. The zero-order valence-electron chi connectivity index (χ0n) is 9.86. The van der Waals surface area contributed by atoms with Crippen LogP contribution in [-0.4, -0.2) is 18.2 Å². The van der Waals surface area contributed by atoms with Crippen LogP contribution in [0.3, 0.4) is 0 Å². The van der Waals surface area contributed by atoms with Crippen molar-refractivity contribution < 1.29 is 5.11 Å². The number of aromatic hydroxyl groups is 1. The lowest BCUT2D eigenvalue weighted by Gasteiger charge is -2.40. The first-order chi connectivity index (χ1) is 7.13. The molecule has 1 aromatic carbocycles. The average Bonchev–Trinajstić information content (AvgIpc) is 2.23. The molecule has 0 bridgehead atoms. The summed E-state index contributed by atoms with van der Waals surface area (Å²) in [5.74, 6) is 0.979. The highest BCUT2D eigenvalue weighted by atomic mass is 35.5. The number of nitrogens with one attached hydrogen (secondary N) is 1. The van der Waals surface area contributed by atoms with Gasteiger partial charge in [0.25, 0.3) is 0 Å². The van der Waals surface area contributed by atoms with Crippen molar-refractivity contribution in [3.8, 4) is 5.75 Å². The Morgan fingerprint density at radius 3 is 2.81 bits per heavy atom. The normalized spacial score (nSPS) is 29.5. The van der Waals surface area contributed by atoms with Crippen LogP contribution in [0.2, 0.25) is 0 Å². The van der Waals surface area contributed by atoms with Gasteiger partial charge in [-0.15, -0.1) is 12.4 Å². The van der Waals surface area contributed by atoms with E-state index in [0.29, 0.717) is 11.7 Å². The summed E-state index contributed by atoms with van der Waals surface area (Å²) < 4.78 is 0. The van der Waals surface area contributed by atoms with E-state index in [9.17, 15) is 5.11 Å². The molecular weight excluding hydrogens is 222 g/mol.